The van der Waals surface area contributed by atoms with Crippen LogP contribution in [0.1, 0.15) is 22.3 Å². The number of hydrogen-bond donors (Lipinski definition) is 1. The number of Topliss-reactive ketones (excluding diaryl/α,β-unsaturated/α-hetero) is 1. The molecule has 9 heteroatoms. The summed E-state index contributed by atoms with van der Waals surface area (Å²) >= 11 is 5.97. The first-order chi connectivity index (χ1) is 17.4. The minimum Gasteiger partial charge on any atom is -0.490 e. The molecule has 1 heterocycles. The summed E-state index contributed by atoms with van der Waals surface area (Å²) in [6, 6.07) is 17.5. The van der Waals surface area contributed by atoms with Crippen molar-refractivity contribution in [2.45, 2.75) is 18.9 Å². The van der Waals surface area contributed by atoms with Gasteiger partial charge in [0.05, 0.1) is 5.56 Å². The second-order valence-electron chi connectivity index (χ2n) is 8.92. The average Bonchev–Trinajstić information content (AvgIpc) is 2.88. The Morgan fingerprint density at radius 2 is 1.59 bits per heavy atom. The Bertz CT molecular complexity index is 1160. The quantitative estimate of drug-likeness (QED) is 0.342. The zero-order valence-electron chi connectivity index (χ0n) is 20.3. The molecule has 1 aliphatic rings. The van der Waals surface area contributed by atoms with Crippen molar-refractivity contribution in [3.63, 3.8) is 0 Å². The topological polar surface area (TPSA) is 53.0 Å². The summed E-state index contributed by atoms with van der Waals surface area (Å²) < 4.78 is 32.7. The maximum Gasteiger partial charge on any atom is 0.167 e. The van der Waals surface area contributed by atoms with Gasteiger partial charge in [0.15, 0.2) is 5.78 Å². The number of hydrogen-bond acceptors (Lipinski definition) is 5. The molecule has 5 nitrogen and oxygen atoms in total. The third-order valence-corrected chi connectivity index (χ3v) is 6.51. The van der Waals surface area contributed by atoms with Crippen molar-refractivity contribution >= 4 is 35.5 Å². The summed E-state index contributed by atoms with van der Waals surface area (Å²) in [4.78, 5) is 17.2. The zero-order chi connectivity index (χ0) is 25.5. The number of nitrogens with zero attached hydrogens (tertiary/aromatic N) is 2. The number of ketones is 1. The van der Waals surface area contributed by atoms with Gasteiger partial charge in [-0.2, -0.15) is 0 Å². The Morgan fingerprint density at radius 1 is 0.946 bits per heavy atom. The third kappa shape index (κ3) is 8.40. The van der Waals surface area contributed by atoms with Crippen LogP contribution in [0.2, 0.25) is 5.02 Å². The summed E-state index contributed by atoms with van der Waals surface area (Å²) in [6.07, 6.45) is -0.231. The monoisotopic (exact) mass is 550 g/mol. The van der Waals surface area contributed by atoms with Crippen LogP contribution in [0.4, 0.5) is 14.5 Å². The molecule has 0 aliphatic carbocycles. The minimum atomic E-state index is -0.765. The van der Waals surface area contributed by atoms with Crippen molar-refractivity contribution in [1.29, 1.82) is 0 Å². The highest BCUT2D eigenvalue weighted by molar-refractivity contribution is 6.30. The maximum atomic E-state index is 13.9. The van der Waals surface area contributed by atoms with E-state index in [1.165, 1.54) is 24.3 Å². The molecule has 0 amide bonds. The summed E-state index contributed by atoms with van der Waals surface area (Å²) in [5, 5.41) is 11.3. The largest absolute Gasteiger partial charge is 0.490 e. The number of rotatable bonds is 10. The van der Waals surface area contributed by atoms with Crippen molar-refractivity contribution < 1.29 is 23.4 Å². The van der Waals surface area contributed by atoms with E-state index in [-0.39, 0.29) is 48.3 Å². The Hall–Kier alpha value is -2.71. The van der Waals surface area contributed by atoms with E-state index in [1.54, 1.807) is 12.1 Å². The van der Waals surface area contributed by atoms with E-state index in [9.17, 15) is 18.7 Å². The summed E-state index contributed by atoms with van der Waals surface area (Å²) in [7, 11) is 0. The highest BCUT2D eigenvalue weighted by atomic mass is 35.5. The van der Waals surface area contributed by atoms with Gasteiger partial charge in [-0.15, -0.1) is 12.4 Å². The van der Waals surface area contributed by atoms with Crippen molar-refractivity contribution in [3.05, 3.63) is 94.5 Å². The van der Waals surface area contributed by atoms with Crippen LogP contribution in [-0.2, 0) is 6.42 Å². The third-order valence-electron chi connectivity index (χ3n) is 6.26. The Labute approximate surface area is 227 Å². The predicted molar refractivity (Wildman–Crippen MR) is 144 cm³/mol. The van der Waals surface area contributed by atoms with Gasteiger partial charge in [-0.05, 0) is 66.6 Å². The smallest absolute Gasteiger partial charge is 0.167 e. The van der Waals surface area contributed by atoms with E-state index in [0.717, 1.165) is 43.5 Å². The van der Waals surface area contributed by atoms with Crippen LogP contribution in [0.15, 0.2) is 66.7 Å². The number of carbonyl (C=O) groups excluding carboxylic acids is 1. The van der Waals surface area contributed by atoms with Crippen LogP contribution in [0.3, 0.4) is 0 Å². The molecule has 0 aromatic heterocycles. The van der Waals surface area contributed by atoms with Crippen LogP contribution in [0.5, 0.6) is 5.75 Å². The van der Waals surface area contributed by atoms with Gasteiger partial charge in [-0.1, -0.05) is 23.7 Å². The Kier molecular flexibility index (Phi) is 10.7. The van der Waals surface area contributed by atoms with Crippen LogP contribution >= 0.6 is 24.0 Å². The van der Waals surface area contributed by atoms with Gasteiger partial charge in [-0.3, -0.25) is 9.69 Å². The first kappa shape index (κ1) is 28.9. The number of anilines is 1. The second-order valence-corrected chi connectivity index (χ2v) is 9.36. The lowest BCUT2D eigenvalue weighted by Gasteiger charge is -2.36. The Morgan fingerprint density at radius 3 is 2.27 bits per heavy atom. The standard InChI is InChI=1S/C28H29ClF2N2O3.ClH/c29-21-4-9-24(10-5-21)33-15-13-32(14-16-33)18-25(34)19-36-28-12-8-23(31)17-26(28)27(35)11-3-20-1-6-22(30)7-2-20;/h1-2,4-10,12,17,25,34H,3,11,13-16,18-19H2;1H. The van der Waals surface area contributed by atoms with Gasteiger partial charge < -0.3 is 14.7 Å². The normalized spacial score (nSPS) is 14.6. The lowest BCUT2D eigenvalue weighted by atomic mass is 10.0. The van der Waals surface area contributed by atoms with E-state index in [2.05, 4.69) is 9.80 Å². The van der Waals surface area contributed by atoms with Crippen molar-refractivity contribution in [1.82, 2.24) is 4.90 Å². The number of ether oxygens (including phenoxy) is 1. The molecule has 3 aromatic carbocycles. The van der Waals surface area contributed by atoms with Gasteiger partial charge in [0.1, 0.15) is 30.1 Å². The number of β-amino-alcohol motifs (C(OH)–C–C–N with tert-alkyl or cyclic N) is 1. The fraction of sp³-hybridized carbons (Fsp3) is 0.321. The molecule has 3 aromatic rings. The molecule has 198 valence electrons. The average molecular weight is 551 g/mol. The fourth-order valence-corrected chi connectivity index (χ4v) is 4.39. The van der Waals surface area contributed by atoms with Gasteiger partial charge in [0.2, 0.25) is 0 Å². The molecule has 1 saturated heterocycles. The molecule has 1 N–H and O–H groups in total. The molecule has 0 spiro atoms. The minimum absolute atomic E-state index is 0. The number of halogens is 4. The molecule has 1 fully saturated rings. The summed E-state index contributed by atoms with van der Waals surface area (Å²) in [6.45, 7) is 3.68. The first-order valence-corrected chi connectivity index (χ1v) is 12.4. The summed E-state index contributed by atoms with van der Waals surface area (Å²) in [5.74, 6) is -0.909. The molecule has 1 atom stereocenters. The first-order valence-electron chi connectivity index (χ1n) is 12.0. The molecule has 1 aliphatic heterocycles. The number of aliphatic hydroxyl groups is 1. The van der Waals surface area contributed by atoms with Crippen LogP contribution < -0.4 is 9.64 Å². The fourth-order valence-electron chi connectivity index (χ4n) is 4.27. The lowest BCUT2D eigenvalue weighted by Crippen LogP contribution is -2.49. The molecular formula is C28H30Cl2F2N2O3. The van der Waals surface area contributed by atoms with E-state index < -0.39 is 11.9 Å². The van der Waals surface area contributed by atoms with Crippen molar-refractivity contribution in [2.24, 2.45) is 0 Å². The number of carbonyl (C=O) groups is 1. The molecule has 1 unspecified atom stereocenters. The van der Waals surface area contributed by atoms with Crippen molar-refractivity contribution in [3.8, 4) is 5.75 Å². The SMILES string of the molecule is Cl.O=C(CCc1ccc(F)cc1)c1cc(F)ccc1OCC(O)CN1CCN(c2ccc(Cl)cc2)CC1. The molecule has 0 bridgehead atoms. The number of aryl methyl sites for hydroxylation is 1. The molecular weight excluding hydrogens is 521 g/mol. The van der Waals surface area contributed by atoms with Crippen LogP contribution in [-0.4, -0.2) is 61.2 Å². The molecule has 0 radical (unpaired) electrons. The highest BCUT2D eigenvalue weighted by Gasteiger charge is 2.21. The van der Waals surface area contributed by atoms with E-state index in [1.807, 2.05) is 24.3 Å². The van der Waals surface area contributed by atoms with Crippen LogP contribution in [0, 0.1) is 11.6 Å². The van der Waals surface area contributed by atoms with E-state index in [4.69, 9.17) is 16.3 Å². The lowest BCUT2D eigenvalue weighted by molar-refractivity contribution is 0.0655. The van der Waals surface area contributed by atoms with Gasteiger partial charge in [0, 0.05) is 49.9 Å². The van der Waals surface area contributed by atoms with Gasteiger partial charge >= 0.3 is 0 Å². The van der Waals surface area contributed by atoms with E-state index in [0.29, 0.717) is 18.0 Å². The predicted octanol–water partition coefficient (Wildman–Crippen LogP) is 5.42. The number of piperazine rings is 1. The summed E-state index contributed by atoms with van der Waals surface area (Å²) in [5.41, 5.74) is 2.08. The van der Waals surface area contributed by atoms with E-state index >= 15 is 0 Å². The Balaban J connectivity index is 0.00000380. The number of benzene rings is 3. The van der Waals surface area contributed by atoms with Crippen LogP contribution in [0.25, 0.3) is 0 Å². The van der Waals surface area contributed by atoms with Crippen molar-refractivity contribution in [2.75, 3.05) is 44.2 Å². The maximum absolute atomic E-state index is 13.9. The highest BCUT2D eigenvalue weighted by Crippen LogP contribution is 2.23. The van der Waals surface area contributed by atoms with Gasteiger partial charge in [0.25, 0.3) is 0 Å². The molecule has 0 saturated carbocycles. The molecule has 4 rings (SSSR count). The second kappa shape index (κ2) is 13.7. The zero-order valence-corrected chi connectivity index (χ0v) is 21.9. The number of aliphatic hydroxyl groups excluding tert-OH is 1. The molecule has 37 heavy (non-hydrogen) atoms. The van der Waals surface area contributed by atoms with Gasteiger partial charge in [-0.25, -0.2) is 8.78 Å².